The van der Waals surface area contributed by atoms with Crippen LogP contribution in [0.5, 0.6) is 11.5 Å². The Balaban J connectivity index is 2.53. The highest BCUT2D eigenvalue weighted by molar-refractivity contribution is 6.06. The van der Waals surface area contributed by atoms with E-state index in [9.17, 15) is 32.6 Å². The Hall–Kier alpha value is -2.77. The van der Waals surface area contributed by atoms with Gasteiger partial charge in [0.1, 0.15) is 23.4 Å². The van der Waals surface area contributed by atoms with Crippen LogP contribution in [0.4, 0.5) is 23.2 Å². The van der Waals surface area contributed by atoms with Crippen LogP contribution in [0.2, 0.25) is 0 Å². The van der Waals surface area contributed by atoms with Gasteiger partial charge in [-0.3, -0.25) is 9.69 Å². The summed E-state index contributed by atoms with van der Waals surface area (Å²) in [5, 5.41) is 18.4. The third kappa shape index (κ3) is 3.58. The molecule has 2 N–H and O–H groups in total. The summed E-state index contributed by atoms with van der Waals surface area (Å²) in [6.07, 6.45) is -4.75. The van der Waals surface area contributed by atoms with E-state index in [2.05, 4.69) is 0 Å². The van der Waals surface area contributed by atoms with Crippen molar-refractivity contribution in [1.82, 2.24) is 0 Å². The molecular formula is C16H13F4NO3. The molecule has 0 radical (unpaired) electrons. The largest absolute Gasteiger partial charge is 0.508 e. The van der Waals surface area contributed by atoms with Gasteiger partial charge in [-0.2, -0.15) is 13.2 Å². The molecule has 2 rings (SSSR count). The number of phenolic OH excluding ortho intramolecular Hbond substituents is 2. The van der Waals surface area contributed by atoms with E-state index in [0.717, 1.165) is 43.3 Å². The van der Waals surface area contributed by atoms with E-state index in [1.54, 1.807) is 0 Å². The number of benzene rings is 2. The highest BCUT2D eigenvalue weighted by Crippen LogP contribution is 2.31. The Morgan fingerprint density at radius 3 is 2.08 bits per heavy atom. The number of halogens is 4. The molecule has 0 aliphatic heterocycles. The molecule has 8 heteroatoms. The molecule has 1 amide bonds. The fourth-order valence-corrected chi connectivity index (χ4v) is 2.08. The van der Waals surface area contributed by atoms with Gasteiger partial charge in [0, 0.05) is 11.8 Å². The maximum atomic E-state index is 13.9. The fourth-order valence-electron chi connectivity index (χ4n) is 2.08. The normalized spacial score (nSPS) is 12.7. The zero-order valence-electron chi connectivity index (χ0n) is 12.4. The summed E-state index contributed by atoms with van der Waals surface area (Å²) in [5.74, 6) is -3.01. The Morgan fingerprint density at radius 2 is 1.58 bits per heavy atom. The van der Waals surface area contributed by atoms with Crippen LogP contribution in [-0.2, 0) is 0 Å². The maximum absolute atomic E-state index is 13.9. The molecular weight excluding hydrogens is 330 g/mol. The zero-order chi connectivity index (χ0) is 18.1. The minimum atomic E-state index is -4.75. The van der Waals surface area contributed by atoms with Gasteiger partial charge in [0.2, 0.25) is 0 Å². The molecule has 0 fully saturated rings. The molecule has 2 aromatic rings. The van der Waals surface area contributed by atoms with Crippen LogP contribution in [0.25, 0.3) is 0 Å². The van der Waals surface area contributed by atoms with Gasteiger partial charge in [-0.05, 0) is 43.3 Å². The van der Waals surface area contributed by atoms with Gasteiger partial charge in [0.25, 0.3) is 5.91 Å². The first-order valence-corrected chi connectivity index (χ1v) is 6.79. The Bertz CT molecular complexity index is 744. The second-order valence-electron chi connectivity index (χ2n) is 5.07. The Kier molecular flexibility index (Phi) is 4.68. The topological polar surface area (TPSA) is 60.8 Å². The van der Waals surface area contributed by atoms with E-state index < -0.39 is 35.3 Å². The quantitative estimate of drug-likeness (QED) is 0.833. The highest BCUT2D eigenvalue weighted by atomic mass is 19.4. The second-order valence-corrected chi connectivity index (χ2v) is 5.07. The minimum absolute atomic E-state index is 0.157. The third-order valence-corrected chi connectivity index (χ3v) is 3.39. The molecule has 0 aliphatic carbocycles. The zero-order valence-corrected chi connectivity index (χ0v) is 12.4. The van der Waals surface area contributed by atoms with Crippen molar-refractivity contribution < 1.29 is 32.6 Å². The highest BCUT2D eigenvalue weighted by Gasteiger charge is 2.43. The number of hydrogen-bond acceptors (Lipinski definition) is 3. The van der Waals surface area contributed by atoms with Crippen LogP contribution in [0.15, 0.2) is 42.5 Å². The summed E-state index contributed by atoms with van der Waals surface area (Å²) in [6.45, 7) is 0.767. The van der Waals surface area contributed by atoms with Gasteiger partial charge in [-0.25, -0.2) is 4.39 Å². The molecule has 0 saturated carbocycles. The van der Waals surface area contributed by atoms with Gasteiger partial charge >= 0.3 is 6.18 Å². The van der Waals surface area contributed by atoms with Crippen molar-refractivity contribution in [1.29, 1.82) is 0 Å². The number of carbonyl (C=O) groups is 1. The van der Waals surface area contributed by atoms with Crippen LogP contribution >= 0.6 is 0 Å². The van der Waals surface area contributed by atoms with Crippen molar-refractivity contribution in [3.05, 3.63) is 53.8 Å². The number of aromatic hydroxyl groups is 2. The molecule has 0 bridgehead atoms. The van der Waals surface area contributed by atoms with Crippen molar-refractivity contribution >= 4 is 11.6 Å². The van der Waals surface area contributed by atoms with Gasteiger partial charge in [0.05, 0.1) is 5.56 Å². The average molecular weight is 343 g/mol. The van der Waals surface area contributed by atoms with E-state index in [4.69, 9.17) is 0 Å². The molecule has 24 heavy (non-hydrogen) atoms. The first-order chi connectivity index (χ1) is 11.1. The van der Waals surface area contributed by atoms with Crippen molar-refractivity contribution in [3.63, 3.8) is 0 Å². The minimum Gasteiger partial charge on any atom is -0.508 e. The monoisotopic (exact) mass is 343 g/mol. The van der Waals surface area contributed by atoms with Gasteiger partial charge in [-0.15, -0.1) is 0 Å². The molecule has 128 valence electrons. The number of phenols is 2. The number of rotatable bonds is 3. The lowest BCUT2D eigenvalue weighted by Gasteiger charge is -2.31. The van der Waals surface area contributed by atoms with Gasteiger partial charge < -0.3 is 10.2 Å². The van der Waals surface area contributed by atoms with Crippen molar-refractivity contribution in [2.75, 3.05) is 4.90 Å². The summed E-state index contributed by atoms with van der Waals surface area (Å²) in [5.41, 5.74) is -0.771. The lowest BCUT2D eigenvalue weighted by atomic mass is 10.1. The second kappa shape index (κ2) is 6.38. The third-order valence-electron chi connectivity index (χ3n) is 3.39. The lowest BCUT2D eigenvalue weighted by molar-refractivity contribution is -0.143. The van der Waals surface area contributed by atoms with E-state index >= 15 is 0 Å². The average Bonchev–Trinajstić information content (AvgIpc) is 2.48. The summed E-state index contributed by atoms with van der Waals surface area (Å²) in [6, 6.07) is 4.79. The van der Waals surface area contributed by atoms with Crippen molar-refractivity contribution in [3.8, 4) is 11.5 Å². The Morgan fingerprint density at radius 1 is 1.04 bits per heavy atom. The van der Waals surface area contributed by atoms with Gasteiger partial charge in [0.15, 0.2) is 0 Å². The summed E-state index contributed by atoms with van der Waals surface area (Å²) in [7, 11) is 0. The maximum Gasteiger partial charge on any atom is 0.408 e. The smallest absolute Gasteiger partial charge is 0.408 e. The van der Waals surface area contributed by atoms with E-state index in [0.29, 0.717) is 11.0 Å². The van der Waals surface area contributed by atoms with E-state index in [1.807, 2.05) is 0 Å². The molecule has 2 aromatic carbocycles. The number of nitrogens with zero attached hydrogens (tertiary/aromatic N) is 1. The Labute approximate surface area is 134 Å². The first-order valence-electron chi connectivity index (χ1n) is 6.79. The van der Waals surface area contributed by atoms with Crippen molar-refractivity contribution in [2.45, 2.75) is 19.1 Å². The molecule has 4 nitrogen and oxygen atoms in total. The summed E-state index contributed by atoms with van der Waals surface area (Å²) in [4.78, 5) is 12.9. The van der Waals surface area contributed by atoms with Crippen molar-refractivity contribution in [2.24, 2.45) is 0 Å². The number of amides is 1. The predicted molar refractivity (Wildman–Crippen MR) is 78.5 cm³/mol. The molecule has 0 spiro atoms. The van der Waals surface area contributed by atoms with E-state index in [1.165, 1.54) is 0 Å². The number of alkyl halides is 3. The molecule has 0 saturated heterocycles. The fraction of sp³-hybridized carbons (Fsp3) is 0.188. The van der Waals surface area contributed by atoms with Crippen LogP contribution in [0, 0.1) is 5.82 Å². The molecule has 1 atom stereocenters. The molecule has 1 unspecified atom stereocenters. The molecule has 0 aliphatic rings. The molecule has 0 aromatic heterocycles. The number of carbonyl (C=O) groups excluding carboxylic acids is 1. The summed E-state index contributed by atoms with van der Waals surface area (Å²) < 4.78 is 53.3. The number of hydrogen-bond donors (Lipinski definition) is 2. The lowest BCUT2D eigenvalue weighted by Crippen LogP contribution is -2.47. The van der Waals surface area contributed by atoms with Crippen LogP contribution in [0.3, 0.4) is 0 Å². The molecule has 0 heterocycles. The predicted octanol–water partition coefficient (Wildman–Crippen LogP) is 3.83. The van der Waals surface area contributed by atoms with Crippen LogP contribution < -0.4 is 4.90 Å². The number of anilines is 1. The van der Waals surface area contributed by atoms with Gasteiger partial charge in [-0.1, -0.05) is 0 Å². The van der Waals surface area contributed by atoms with Crippen LogP contribution in [-0.4, -0.2) is 28.3 Å². The standard InChI is InChI=1S/C16H13F4NO3/c1-9(16(18,19)20)21(10-2-4-11(22)5-3-10)15(24)13-7-6-12(23)8-14(13)17/h2-9,22-23H,1H3. The van der Waals surface area contributed by atoms with Crippen LogP contribution in [0.1, 0.15) is 17.3 Å². The van der Waals surface area contributed by atoms with E-state index in [-0.39, 0.29) is 11.4 Å². The SMILES string of the molecule is CC(N(C(=O)c1ccc(O)cc1F)c1ccc(O)cc1)C(F)(F)F. The first kappa shape index (κ1) is 17.6. The summed E-state index contributed by atoms with van der Waals surface area (Å²) >= 11 is 0.